The summed E-state index contributed by atoms with van der Waals surface area (Å²) in [5, 5.41) is 3.75. The van der Waals surface area contributed by atoms with Crippen molar-refractivity contribution in [2.75, 3.05) is 5.43 Å². The molecule has 0 bridgehead atoms. The summed E-state index contributed by atoms with van der Waals surface area (Å²) in [6, 6.07) is 0. The Labute approximate surface area is 58.6 Å². The van der Waals surface area contributed by atoms with Gasteiger partial charge in [0, 0.05) is 7.05 Å². The zero-order valence-electron chi connectivity index (χ0n) is 4.90. The summed E-state index contributed by atoms with van der Waals surface area (Å²) in [6.45, 7) is 0. The molecule has 1 heterocycles. The largest absolute Gasteiger partial charge is 0.293 e. The fraction of sp³-hybridized carbons (Fsp3) is 0.333. The number of hydrogen-bond donors (Lipinski definition) is 2. The first-order valence-electron chi connectivity index (χ1n) is 2.15. The zero-order chi connectivity index (χ0) is 5.98. The highest BCUT2D eigenvalue weighted by molar-refractivity contribution is 5.85. The minimum atomic E-state index is 0. The van der Waals surface area contributed by atoms with Crippen LogP contribution in [0.1, 0.15) is 0 Å². The van der Waals surface area contributed by atoms with Crippen LogP contribution in [0, 0.1) is 0 Å². The van der Waals surface area contributed by atoms with Gasteiger partial charge >= 0.3 is 0 Å². The molecule has 0 spiro atoms. The highest BCUT2D eigenvalue weighted by Crippen LogP contribution is 1.91. The summed E-state index contributed by atoms with van der Waals surface area (Å²) in [7, 11) is 1.75. The lowest BCUT2D eigenvalue weighted by atomic mass is 11.0. The second kappa shape index (κ2) is 3.26. The number of rotatable bonds is 1. The van der Waals surface area contributed by atoms with Crippen molar-refractivity contribution in [1.82, 2.24) is 14.8 Å². The number of nitrogens with two attached hydrogens (primary N) is 1. The van der Waals surface area contributed by atoms with Gasteiger partial charge in [0.15, 0.2) is 0 Å². The molecule has 52 valence electrons. The molecule has 0 atom stereocenters. The van der Waals surface area contributed by atoms with E-state index in [1.165, 1.54) is 6.33 Å². The van der Waals surface area contributed by atoms with Gasteiger partial charge in [-0.05, 0) is 0 Å². The summed E-state index contributed by atoms with van der Waals surface area (Å²) in [6.07, 6.45) is 1.43. The van der Waals surface area contributed by atoms with Crippen LogP contribution in [0.15, 0.2) is 6.33 Å². The normalized spacial score (nSPS) is 8.22. The second-order valence-corrected chi connectivity index (χ2v) is 1.35. The lowest BCUT2D eigenvalue weighted by Gasteiger charge is -1.93. The maximum Gasteiger partial charge on any atom is 0.235 e. The maximum absolute atomic E-state index is 5.02. The maximum atomic E-state index is 5.02. The van der Waals surface area contributed by atoms with E-state index in [9.17, 15) is 0 Å². The number of nitrogen functional groups attached to an aromatic ring is 1. The lowest BCUT2D eigenvalue weighted by molar-refractivity contribution is 0.770. The smallest absolute Gasteiger partial charge is 0.235 e. The molecule has 0 fully saturated rings. The van der Waals surface area contributed by atoms with Gasteiger partial charge < -0.3 is 0 Å². The van der Waals surface area contributed by atoms with Crippen LogP contribution in [-0.4, -0.2) is 14.8 Å². The number of nitrogens with zero attached hydrogens (tertiary/aromatic N) is 3. The van der Waals surface area contributed by atoms with Crippen molar-refractivity contribution in [3.8, 4) is 0 Å². The van der Waals surface area contributed by atoms with E-state index >= 15 is 0 Å². The van der Waals surface area contributed by atoms with E-state index < -0.39 is 0 Å². The SMILES string of the molecule is Cl.Cn1ncnc1NN. The molecule has 1 aromatic rings. The summed E-state index contributed by atoms with van der Waals surface area (Å²) >= 11 is 0. The van der Waals surface area contributed by atoms with E-state index in [-0.39, 0.29) is 12.4 Å². The number of aromatic nitrogens is 3. The van der Waals surface area contributed by atoms with Crippen LogP contribution >= 0.6 is 12.4 Å². The van der Waals surface area contributed by atoms with Gasteiger partial charge in [-0.1, -0.05) is 0 Å². The third-order valence-corrected chi connectivity index (χ3v) is 0.840. The van der Waals surface area contributed by atoms with Gasteiger partial charge in [-0.25, -0.2) is 10.5 Å². The van der Waals surface area contributed by atoms with Gasteiger partial charge in [-0.15, -0.1) is 12.4 Å². The first kappa shape index (κ1) is 8.19. The first-order valence-corrected chi connectivity index (χ1v) is 2.15. The molecular formula is C3H8ClN5. The predicted molar refractivity (Wildman–Crippen MR) is 36.1 cm³/mol. The van der Waals surface area contributed by atoms with Crippen LogP contribution < -0.4 is 11.3 Å². The molecule has 5 nitrogen and oxygen atoms in total. The summed E-state index contributed by atoms with van der Waals surface area (Å²) in [4.78, 5) is 3.75. The summed E-state index contributed by atoms with van der Waals surface area (Å²) < 4.78 is 1.54. The van der Waals surface area contributed by atoms with Crippen molar-refractivity contribution in [3.05, 3.63) is 6.33 Å². The molecule has 0 radical (unpaired) electrons. The minimum absolute atomic E-state index is 0. The molecule has 6 heteroatoms. The average molecular weight is 150 g/mol. The predicted octanol–water partition coefficient (Wildman–Crippen LogP) is -0.478. The van der Waals surface area contributed by atoms with Crippen LogP contribution in [0.25, 0.3) is 0 Å². The van der Waals surface area contributed by atoms with Gasteiger partial charge in [0.2, 0.25) is 5.95 Å². The number of anilines is 1. The molecule has 0 saturated carbocycles. The van der Waals surface area contributed by atoms with Crippen LogP contribution in [0.2, 0.25) is 0 Å². The minimum Gasteiger partial charge on any atom is -0.293 e. The van der Waals surface area contributed by atoms with Gasteiger partial charge in [-0.3, -0.25) is 5.43 Å². The van der Waals surface area contributed by atoms with Crippen molar-refractivity contribution >= 4 is 18.4 Å². The molecule has 3 N–H and O–H groups in total. The molecular weight excluding hydrogens is 142 g/mol. The van der Waals surface area contributed by atoms with E-state index in [4.69, 9.17) is 5.84 Å². The Balaban J connectivity index is 0.000000640. The highest BCUT2D eigenvalue weighted by Gasteiger charge is 1.91. The number of halogens is 1. The second-order valence-electron chi connectivity index (χ2n) is 1.35. The topological polar surface area (TPSA) is 68.8 Å². The molecule has 1 aromatic heterocycles. The standard InChI is InChI=1S/C3H7N5.ClH/c1-8-3(7-4)5-2-6-8;/h2H,4H2,1H3,(H,5,6,7);1H. The van der Waals surface area contributed by atoms with E-state index in [0.717, 1.165) is 0 Å². The molecule has 0 saturated heterocycles. The van der Waals surface area contributed by atoms with E-state index in [2.05, 4.69) is 15.5 Å². The fourth-order valence-electron chi connectivity index (χ4n) is 0.427. The number of aryl methyl sites for hydroxylation is 1. The molecule has 9 heavy (non-hydrogen) atoms. The number of hydrogen-bond acceptors (Lipinski definition) is 4. The third-order valence-electron chi connectivity index (χ3n) is 0.840. The molecule has 0 aliphatic heterocycles. The Morgan fingerprint density at radius 3 is 2.67 bits per heavy atom. The van der Waals surface area contributed by atoms with Crippen LogP contribution in [0.4, 0.5) is 5.95 Å². The lowest BCUT2D eigenvalue weighted by Crippen LogP contribution is -2.11. The molecule has 0 unspecified atom stereocenters. The van der Waals surface area contributed by atoms with Crippen LogP contribution in [-0.2, 0) is 7.05 Å². The Hall–Kier alpha value is -0.810. The molecule has 0 aliphatic carbocycles. The Morgan fingerprint density at radius 1 is 1.78 bits per heavy atom. The van der Waals surface area contributed by atoms with Crippen LogP contribution in [0.3, 0.4) is 0 Å². The van der Waals surface area contributed by atoms with Gasteiger partial charge in [0.05, 0.1) is 0 Å². The summed E-state index contributed by atoms with van der Waals surface area (Å²) in [5.74, 6) is 5.58. The molecule has 0 amide bonds. The quantitative estimate of drug-likeness (QED) is 0.418. The third kappa shape index (κ3) is 1.55. The Bertz CT molecular complexity index is 172. The van der Waals surface area contributed by atoms with Crippen molar-refractivity contribution in [2.24, 2.45) is 12.9 Å². The van der Waals surface area contributed by atoms with Gasteiger partial charge in [-0.2, -0.15) is 10.1 Å². The van der Waals surface area contributed by atoms with Gasteiger partial charge in [0.1, 0.15) is 6.33 Å². The fourth-order valence-corrected chi connectivity index (χ4v) is 0.427. The summed E-state index contributed by atoms with van der Waals surface area (Å²) in [5.41, 5.74) is 2.36. The molecule has 1 rings (SSSR count). The molecule has 0 aromatic carbocycles. The molecule has 0 aliphatic rings. The highest BCUT2D eigenvalue weighted by atomic mass is 35.5. The average Bonchev–Trinajstić information content (AvgIpc) is 2.14. The Kier molecular flexibility index (Phi) is 2.97. The van der Waals surface area contributed by atoms with Crippen molar-refractivity contribution in [2.45, 2.75) is 0 Å². The van der Waals surface area contributed by atoms with Crippen molar-refractivity contribution in [1.29, 1.82) is 0 Å². The zero-order valence-corrected chi connectivity index (χ0v) is 5.72. The first-order chi connectivity index (χ1) is 3.84. The van der Waals surface area contributed by atoms with Crippen LogP contribution in [0.5, 0.6) is 0 Å². The number of nitrogens with one attached hydrogen (secondary N) is 1. The van der Waals surface area contributed by atoms with E-state index in [1.54, 1.807) is 11.7 Å². The number of hydrazine groups is 1. The Morgan fingerprint density at radius 2 is 2.44 bits per heavy atom. The van der Waals surface area contributed by atoms with Crippen molar-refractivity contribution in [3.63, 3.8) is 0 Å². The monoisotopic (exact) mass is 149 g/mol. The van der Waals surface area contributed by atoms with E-state index in [1.807, 2.05) is 0 Å². The van der Waals surface area contributed by atoms with E-state index in [0.29, 0.717) is 5.95 Å². The van der Waals surface area contributed by atoms with Gasteiger partial charge in [0.25, 0.3) is 0 Å². The van der Waals surface area contributed by atoms with Crippen molar-refractivity contribution < 1.29 is 0 Å².